The Labute approximate surface area is 356 Å². The second kappa shape index (κ2) is 19.9. The maximum absolute atomic E-state index is 12.8. The normalized spacial score (nSPS) is 10.4. The smallest absolute Gasteiger partial charge is 0.336 e. The van der Waals surface area contributed by atoms with E-state index in [2.05, 4.69) is 0 Å². The molecular formula is C47H36O16. The molecule has 0 aromatic heterocycles. The van der Waals surface area contributed by atoms with Crippen molar-refractivity contribution in [2.24, 2.45) is 0 Å². The largest absolute Gasteiger partial charge is 0.478 e. The molecule has 0 saturated heterocycles. The van der Waals surface area contributed by atoms with Gasteiger partial charge in [-0.25, -0.2) is 38.4 Å². The van der Waals surface area contributed by atoms with Crippen LogP contribution in [0.3, 0.4) is 0 Å². The van der Waals surface area contributed by atoms with Gasteiger partial charge < -0.3 is 40.9 Å². The third kappa shape index (κ3) is 10.8. The lowest BCUT2D eigenvalue weighted by atomic mass is 9.68. The van der Waals surface area contributed by atoms with E-state index < -0.39 is 53.2 Å². The fraction of sp³-hybridized carbons (Fsp3) is 0.0638. The number of hydrogen-bond acceptors (Lipinski definition) is 8. The van der Waals surface area contributed by atoms with Crippen LogP contribution in [0, 0.1) is 0 Å². The van der Waals surface area contributed by atoms with Gasteiger partial charge >= 0.3 is 47.8 Å². The Balaban J connectivity index is 0.000000293. The van der Waals surface area contributed by atoms with Gasteiger partial charge in [-0.05, 0) is 94.0 Å². The van der Waals surface area contributed by atoms with E-state index in [1.165, 1.54) is 86.6 Å². The molecule has 0 heterocycles. The molecule has 16 heteroatoms. The monoisotopic (exact) mass is 856 g/mol. The van der Waals surface area contributed by atoms with Crippen LogP contribution in [-0.2, 0) is 5.41 Å². The minimum atomic E-state index is -1.71. The Morgan fingerprint density at radius 1 is 0.317 bits per heavy atom. The van der Waals surface area contributed by atoms with Gasteiger partial charge in [0.2, 0.25) is 0 Å². The summed E-state index contributed by atoms with van der Waals surface area (Å²) in [7, 11) is 0. The predicted octanol–water partition coefficient (Wildman–Crippen LogP) is 8.31. The maximum Gasteiger partial charge on any atom is 0.336 e. The fourth-order valence-electron chi connectivity index (χ4n) is 6.66. The van der Waals surface area contributed by atoms with Crippen molar-refractivity contribution in [1.82, 2.24) is 0 Å². The van der Waals surface area contributed by atoms with E-state index in [4.69, 9.17) is 20.4 Å². The highest BCUT2D eigenvalue weighted by atomic mass is 16.4. The Bertz CT molecular complexity index is 2480. The second-order valence-electron chi connectivity index (χ2n) is 13.8. The highest BCUT2D eigenvalue weighted by Gasteiger charge is 2.40. The van der Waals surface area contributed by atoms with Gasteiger partial charge in [-0.3, -0.25) is 0 Å². The van der Waals surface area contributed by atoms with Crippen molar-refractivity contribution >= 4 is 47.8 Å². The van der Waals surface area contributed by atoms with Crippen LogP contribution in [0.2, 0.25) is 0 Å². The molecule has 0 aliphatic carbocycles. The van der Waals surface area contributed by atoms with E-state index in [0.29, 0.717) is 11.1 Å². The summed E-state index contributed by atoms with van der Waals surface area (Å²) in [5.74, 6) is -10.00. The summed E-state index contributed by atoms with van der Waals surface area (Å²) in [6.07, 6.45) is 0. The first-order valence-electron chi connectivity index (χ1n) is 18.2. The van der Waals surface area contributed by atoms with Crippen LogP contribution in [-0.4, -0.2) is 88.6 Å². The topological polar surface area (TPSA) is 298 Å². The molecule has 6 aromatic carbocycles. The highest BCUT2D eigenvalue weighted by Crippen LogP contribution is 2.45. The first-order valence-corrected chi connectivity index (χ1v) is 18.2. The van der Waals surface area contributed by atoms with Crippen LogP contribution in [0.25, 0.3) is 22.3 Å². The molecule has 6 aromatic rings. The van der Waals surface area contributed by atoms with Gasteiger partial charge in [0.1, 0.15) is 0 Å². The number of carboxylic acid groups (broad SMARTS) is 8. The van der Waals surface area contributed by atoms with Crippen molar-refractivity contribution in [1.29, 1.82) is 0 Å². The number of carboxylic acids is 8. The first-order chi connectivity index (χ1) is 29.7. The molecule has 0 aliphatic heterocycles. The van der Waals surface area contributed by atoms with Crippen molar-refractivity contribution in [3.8, 4) is 22.3 Å². The van der Waals surface area contributed by atoms with Crippen LogP contribution in [0.1, 0.15) is 108 Å². The average Bonchev–Trinajstić information content (AvgIpc) is 3.26. The van der Waals surface area contributed by atoms with Gasteiger partial charge in [0.15, 0.2) is 0 Å². The Hall–Kier alpha value is -8.92. The molecule has 0 bridgehead atoms. The molecule has 0 spiro atoms. The van der Waals surface area contributed by atoms with Gasteiger partial charge in [0.25, 0.3) is 0 Å². The number of carbonyl (C=O) groups is 8. The maximum atomic E-state index is 12.8. The second-order valence-corrected chi connectivity index (χ2v) is 13.8. The lowest BCUT2D eigenvalue weighted by molar-refractivity contribution is 0.0677. The van der Waals surface area contributed by atoms with Gasteiger partial charge in [-0.2, -0.15) is 0 Å². The predicted molar refractivity (Wildman–Crippen MR) is 224 cm³/mol. The van der Waals surface area contributed by atoms with Crippen molar-refractivity contribution in [2.75, 3.05) is 0 Å². The van der Waals surface area contributed by atoms with Gasteiger partial charge in [-0.1, -0.05) is 86.6 Å². The van der Waals surface area contributed by atoms with Gasteiger partial charge in [0.05, 0.1) is 44.5 Å². The summed E-state index contributed by atoms with van der Waals surface area (Å²) in [5.41, 5.74) is -1.85. The number of benzene rings is 6. The van der Waals surface area contributed by atoms with Crippen molar-refractivity contribution < 1.29 is 79.2 Å². The molecule has 320 valence electrons. The molecule has 0 unspecified atom stereocenters. The standard InChI is InChI=1S/C31H24O8.2C8H6O4/c1-31(2,25-21(27(32)33)15-13-19(23(25)29(36)37)17-9-5-3-6-10-17)26-22(28(34)35)16-14-20(24(26)30(38)39)18-11-7-4-8-12-18;2*9-7(10)5-1-2-6(4-3-5)8(11)12/h3-16H,1-2H3,(H,32,33)(H,34,35)(H,36,37)(H,38,39);2*1-4H,(H,9,10)(H,11,12). The summed E-state index contributed by atoms with van der Waals surface area (Å²) in [5, 5.41) is 74.9. The zero-order valence-electron chi connectivity index (χ0n) is 33.0. The minimum Gasteiger partial charge on any atom is -0.478 e. The fourth-order valence-corrected chi connectivity index (χ4v) is 6.66. The average molecular weight is 857 g/mol. The summed E-state index contributed by atoms with van der Waals surface area (Å²) in [6, 6.07) is 32.3. The van der Waals surface area contributed by atoms with Gasteiger partial charge in [0, 0.05) is 5.41 Å². The Kier molecular flexibility index (Phi) is 14.8. The summed E-state index contributed by atoms with van der Waals surface area (Å²) in [6.45, 7) is 2.89. The molecule has 8 N–H and O–H groups in total. The third-order valence-corrected chi connectivity index (χ3v) is 9.48. The molecule has 0 atom stereocenters. The van der Waals surface area contributed by atoms with E-state index in [1.807, 2.05) is 0 Å². The van der Waals surface area contributed by atoms with E-state index in [0.717, 1.165) is 0 Å². The van der Waals surface area contributed by atoms with Crippen LogP contribution >= 0.6 is 0 Å². The van der Waals surface area contributed by atoms with Crippen LogP contribution in [0.15, 0.2) is 133 Å². The molecule has 0 fully saturated rings. The molecular weight excluding hydrogens is 821 g/mol. The number of aromatic carboxylic acids is 8. The van der Waals surface area contributed by atoms with E-state index in [9.17, 15) is 58.8 Å². The molecule has 63 heavy (non-hydrogen) atoms. The van der Waals surface area contributed by atoms with Crippen molar-refractivity contribution in [3.63, 3.8) is 0 Å². The molecule has 0 radical (unpaired) electrons. The van der Waals surface area contributed by atoms with Crippen LogP contribution < -0.4 is 0 Å². The van der Waals surface area contributed by atoms with E-state index in [-0.39, 0.29) is 66.8 Å². The highest BCUT2D eigenvalue weighted by molar-refractivity contribution is 6.06. The lowest BCUT2D eigenvalue weighted by Gasteiger charge is -2.33. The number of rotatable bonds is 12. The molecule has 6 rings (SSSR count). The van der Waals surface area contributed by atoms with Crippen molar-refractivity contribution in [2.45, 2.75) is 19.3 Å². The zero-order chi connectivity index (χ0) is 46.8. The van der Waals surface area contributed by atoms with Crippen LogP contribution in [0.5, 0.6) is 0 Å². The zero-order valence-corrected chi connectivity index (χ0v) is 33.0. The van der Waals surface area contributed by atoms with E-state index in [1.54, 1.807) is 60.7 Å². The molecule has 0 aliphatic rings. The molecule has 0 amide bonds. The van der Waals surface area contributed by atoms with Crippen molar-refractivity contribution in [3.05, 3.63) is 189 Å². The summed E-state index contributed by atoms with van der Waals surface area (Å²) >= 11 is 0. The Morgan fingerprint density at radius 3 is 0.778 bits per heavy atom. The molecule has 16 nitrogen and oxygen atoms in total. The summed E-state index contributed by atoms with van der Waals surface area (Å²) < 4.78 is 0. The van der Waals surface area contributed by atoms with Crippen LogP contribution in [0.4, 0.5) is 0 Å². The molecule has 0 saturated carbocycles. The lowest BCUT2D eigenvalue weighted by Crippen LogP contribution is -2.31. The third-order valence-electron chi connectivity index (χ3n) is 9.48. The first kappa shape index (κ1) is 46.8. The SMILES string of the molecule is CC(C)(c1c(C(=O)O)ccc(-c2ccccc2)c1C(=O)O)c1c(C(=O)O)ccc(-c2ccccc2)c1C(=O)O.O=C(O)c1ccc(C(=O)O)cc1.O=C(O)c1ccc(C(=O)O)cc1. The van der Waals surface area contributed by atoms with E-state index >= 15 is 0 Å². The minimum absolute atomic E-state index is 0.0833. The quantitative estimate of drug-likeness (QED) is 0.0574. The summed E-state index contributed by atoms with van der Waals surface area (Å²) in [4.78, 5) is 91.7. The number of hydrogen-bond donors (Lipinski definition) is 8. The Morgan fingerprint density at radius 2 is 0.571 bits per heavy atom. The van der Waals surface area contributed by atoms with Gasteiger partial charge in [-0.15, -0.1) is 0 Å².